The lowest BCUT2D eigenvalue weighted by atomic mass is 10.00. The molecule has 6 nitrogen and oxygen atoms in total. The molecule has 0 aromatic carbocycles. The van der Waals surface area contributed by atoms with E-state index in [1.807, 2.05) is 0 Å². The lowest BCUT2D eigenvalue weighted by Gasteiger charge is -2.30. The molecule has 1 saturated heterocycles. The standard InChI is InChI=1S/C15H24N4O2/c1-12-4-7-19(8-5-12)15-17-10-13(11-18-15)14(20)16-6-3-9-21-2/h10-12H,3-9H2,1-2H3,(H,16,20). The number of rotatable bonds is 6. The van der Waals surface area contributed by atoms with Gasteiger partial charge < -0.3 is 15.0 Å². The molecule has 2 rings (SSSR count). The summed E-state index contributed by atoms with van der Waals surface area (Å²) >= 11 is 0. The molecule has 1 aliphatic rings. The summed E-state index contributed by atoms with van der Waals surface area (Å²) in [5, 5.41) is 2.83. The van der Waals surface area contributed by atoms with Crippen LogP contribution in [0.25, 0.3) is 0 Å². The van der Waals surface area contributed by atoms with Crippen molar-refractivity contribution < 1.29 is 9.53 Å². The van der Waals surface area contributed by atoms with Gasteiger partial charge in [-0.05, 0) is 25.2 Å². The molecule has 0 aliphatic carbocycles. The van der Waals surface area contributed by atoms with Gasteiger partial charge in [0.15, 0.2) is 0 Å². The van der Waals surface area contributed by atoms with Crippen LogP contribution >= 0.6 is 0 Å². The van der Waals surface area contributed by atoms with E-state index in [9.17, 15) is 4.79 Å². The van der Waals surface area contributed by atoms with Crippen LogP contribution in [0.1, 0.15) is 36.5 Å². The van der Waals surface area contributed by atoms with Crippen molar-refractivity contribution in [3.05, 3.63) is 18.0 Å². The molecule has 0 atom stereocenters. The zero-order chi connectivity index (χ0) is 15.1. The van der Waals surface area contributed by atoms with E-state index in [1.54, 1.807) is 19.5 Å². The molecule has 1 aliphatic heterocycles. The molecule has 116 valence electrons. The maximum atomic E-state index is 11.9. The number of hydrogen-bond donors (Lipinski definition) is 1. The molecule has 0 spiro atoms. The molecule has 21 heavy (non-hydrogen) atoms. The molecular formula is C15H24N4O2. The third-order valence-corrected chi connectivity index (χ3v) is 3.78. The minimum absolute atomic E-state index is 0.134. The van der Waals surface area contributed by atoms with Crippen LogP contribution in [0, 0.1) is 5.92 Å². The fourth-order valence-electron chi connectivity index (χ4n) is 2.33. The Balaban J connectivity index is 1.85. The van der Waals surface area contributed by atoms with Crippen LogP contribution in [-0.4, -0.2) is 49.2 Å². The van der Waals surface area contributed by atoms with E-state index in [0.717, 1.165) is 31.4 Å². The number of aromatic nitrogens is 2. The Morgan fingerprint density at radius 2 is 2.05 bits per heavy atom. The van der Waals surface area contributed by atoms with Gasteiger partial charge in [0, 0.05) is 45.7 Å². The van der Waals surface area contributed by atoms with Crippen LogP contribution in [0.5, 0.6) is 0 Å². The van der Waals surface area contributed by atoms with Gasteiger partial charge in [0.05, 0.1) is 5.56 Å². The quantitative estimate of drug-likeness (QED) is 0.804. The second-order valence-electron chi connectivity index (χ2n) is 5.54. The number of methoxy groups -OCH3 is 1. The highest BCUT2D eigenvalue weighted by Crippen LogP contribution is 2.19. The Kier molecular flexibility index (Phi) is 5.92. The van der Waals surface area contributed by atoms with Crippen molar-refractivity contribution in [2.75, 3.05) is 38.3 Å². The lowest BCUT2D eigenvalue weighted by molar-refractivity contribution is 0.0948. The number of piperidine rings is 1. The molecule has 2 heterocycles. The third-order valence-electron chi connectivity index (χ3n) is 3.78. The highest BCUT2D eigenvalue weighted by molar-refractivity contribution is 5.93. The summed E-state index contributed by atoms with van der Waals surface area (Å²) < 4.78 is 4.94. The average molecular weight is 292 g/mol. The number of amides is 1. The summed E-state index contributed by atoms with van der Waals surface area (Å²) in [6, 6.07) is 0. The van der Waals surface area contributed by atoms with Crippen molar-refractivity contribution in [1.82, 2.24) is 15.3 Å². The van der Waals surface area contributed by atoms with E-state index in [0.29, 0.717) is 18.7 Å². The van der Waals surface area contributed by atoms with Gasteiger partial charge >= 0.3 is 0 Å². The second kappa shape index (κ2) is 7.93. The molecule has 1 aromatic heterocycles. The van der Waals surface area contributed by atoms with Gasteiger partial charge in [-0.2, -0.15) is 0 Å². The number of nitrogens with zero attached hydrogens (tertiary/aromatic N) is 3. The van der Waals surface area contributed by atoms with Crippen LogP contribution in [0.15, 0.2) is 12.4 Å². The largest absolute Gasteiger partial charge is 0.385 e. The van der Waals surface area contributed by atoms with Crippen LogP contribution in [-0.2, 0) is 4.74 Å². The van der Waals surface area contributed by atoms with Crippen molar-refractivity contribution >= 4 is 11.9 Å². The van der Waals surface area contributed by atoms with Gasteiger partial charge in [-0.3, -0.25) is 4.79 Å². The lowest BCUT2D eigenvalue weighted by Crippen LogP contribution is -2.34. The van der Waals surface area contributed by atoms with Crippen molar-refractivity contribution in [2.45, 2.75) is 26.2 Å². The molecule has 1 N–H and O–H groups in total. The fourth-order valence-corrected chi connectivity index (χ4v) is 2.33. The molecule has 1 fully saturated rings. The summed E-state index contributed by atoms with van der Waals surface area (Å²) in [4.78, 5) is 22.7. The SMILES string of the molecule is COCCCNC(=O)c1cnc(N2CCC(C)CC2)nc1. The summed E-state index contributed by atoms with van der Waals surface area (Å²) in [6.45, 7) is 5.49. The number of hydrogen-bond acceptors (Lipinski definition) is 5. The molecule has 0 bridgehead atoms. The van der Waals surface area contributed by atoms with Crippen LogP contribution in [0.2, 0.25) is 0 Å². The molecule has 6 heteroatoms. The number of ether oxygens (including phenoxy) is 1. The number of carbonyl (C=O) groups excluding carboxylic acids is 1. The van der Waals surface area contributed by atoms with Gasteiger partial charge in [0.25, 0.3) is 5.91 Å². The first kappa shape index (κ1) is 15.7. The molecular weight excluding hydrogens is 268 g/mol. The van der Waals surface area contributed by atoms with E-state index < -0.39 is 0 Å². The Morgan fingerprint density at radius 1 is 1.38 bits per heavy atom. The first-order valence-electron chi connectivity index (χ1n) is 7.55. The molecule has 0 saturated carbocycles. The number of anilines is 1. The minimum Gasteiger partial charge on any atom is -0.385 e. The average Bonchev–Trinajstić information content (AvgIpc) is 2.52. The van der Waals surface area contributed by atoms with E-state index >= 15 is 0 Å². The smallest absolute Gasteiger partial charge is 0.254 e. The van der Waals surface area contributed by atoms with Gasteiger partial charge in [0.1, 0.15) is 0 Å². The van der Waals surface area contributed by atoms with Crippen molar-refractivity contribution in [1.29, 1.82) is 0 Å². The third kappa shape index (κ3) is 4.67. The Hall–Kier alpha value is -1.69. The fraction of sp³-hybridized carbons (Fsp3) is 0.667. The van der Waals surface area contributed by atoms with Crippen LogP contribution in [0.4, 0.5) is 5.95 Å². The minimum atomic E-state index is -0.134. The van der Waals surface area contributed by atoms with Crippen LogP contribution in [0.3, 0.4) is 0 Å². The predicted octanol–water partition coefficient (Wildman–Crippen LogP) is 1.48. The first-order valence-corrected chi connectivity index (χ1v) is 7.55. The first-order chi connectivity index (χ1) is 10.2. The van der Waals surface area contributed by atoms with E-state index in [1.165, 1.54) is 12.8 Å². The molecule has 1 amide bonds. The molecule has 0 radical (unpaired) electrons. The summed E-state index contributed by atoms with van der Waals surface area (Å²) in [5.41, 5.74) is 0.501. The Bertz CT molecular complexity index is 441. The van der Waals surface area contributed by atoms with Gasteiger partial charge in [0.2, 0.25) is 5.95 Å². The van der Waals surface area contributed by atoms with Crippen molar-refractivity contribution in [3.8, 4) is 0 Å². The second-order valence-corrected chi connectivity index (χ2v) is 5.54. The monoisotopic (exact) mass is 292 g/mol. The van der Waals surface area contributed by atoms with Crippen LogP contribution < -0.4 is 10.2 Å². The topological polar surface area (TPSA) is 67.3 Å². The molecule has 0 unspecified atom stereocenters. The van der Waals surface area contributed by atoms with E-state index in [2.05, 4.69) is 27.1 Å². The normalized spacial score (nSPS) is 16.0. The summed E-state index contributed by atoms with van der Waals surface area (Å²) in [5.74, 6) is 1.36. The van der Waals surface area contributed by atoms with Gasteiger partial charge in [-0.1, -0.05) is 6.92 Å². The summed E-state index contributed by atoms with van der Waals surface area (Å²) in [6.07, 6.45) is 6.35. The number of carbonyl (C=O) groups is 1. The highest BCUT2D eigenvalue weighted by Gasteiger charge is 2.18. The van der Waals surface area contributed by atoms with E-state index in [-0.39, 0.29) is 5.91 Å². The maximum Gasteiger partial charge on any atom is 0.254 e. The Labute approximate surface area is 125 Å². The zero-order valence-electron chi connectivity index (χ0n) is 12.8. The zero-order valence-corrected chi connectivity index (χ0v) is 12.8. The van der Waals surface area contributed by atoms with E-state index in [4.69, 9.17) is 4.74 Å². The Morgan fingerprint density at radius 3 is 2.67 bits per heavy atom. The maximum absolute atomic E-state index is 11.9. The number of nitrogens with one attached hydrogen (secondary N) is 1. The van der Waals surface area contributed by atoms with Crippen molar-refractivity contribution in [2.24, 2.45) is 5.92 Å². The van der Waals surface area contributed by atoms with Gasteiger partial charge in [-0.15, -0.1) is 0 Å². The summed E-state index contributed by atoms with van der Waals surface area (Å²) in [7, 11) is 1.65. The van der Waals surface area contributed by atoms with Crippen molar-refractivity contribution in [3.63, 3.8) is 0 Å². The van der Waals surface area contributed by atoms with Gasteiger partial charge in [-0.25, -0.2) is 9.97 Å². The predicted molar refractivity (Wildman–Crippen MR) is 81.5 cm³/mol. The highest BCUT2D eigenvalue weighted by atomic mass is 16.5. The molecule has 1 aromatic rings.